The van der Waals surface area contributed by atoms with Crippen LogP contribution in [0.2, 0.25) is 0 Å². The Bertz CT molecular complexity index is 76.4. The van der Waals surface area contributed by atoms with Crippen LogP contribution < -0.4 is 0 Å². The van der Waals surface area contributed by atoms with Crippen LogP contribution in [0, 0.1) is 11.2 Å². The Hall–Kier alpha value is 0.350. The zero-order chi connectivity index (χ0) is 5.40. The van der Waals surface area contributed by atoms with Crippen molar-refractivity contribution >= 4 is 11.8 Å². The summed E-state index contributed by atoms with van der Waals surface area (Å²) in [5.74, 6) is 2.52. The maximum absolute atomic E-state index is 2.12. The molecule has 2 fully saturated rings. The summed E-state index contributed by atoms with van der Waals surface area (Å²) in [6.45, 7) is 0. The maximum atomic E-state index is 2.12. The lowest BCUT2D eigenvalue weighted by atomic mass is 10.1. The van der Waals surface area contributed by atoms with Crippen LogP contribution >= 0.6 is 11.8 Å². The quantitative estimate of drug-likeness (QED) is 0.481. The fourth-order valence-corrected chi connectivity index (χ4v) is 2.99. The second-order valence-corrected chi connectivity index (χ2v) is 4.06. The molecule has 0 amide bonds. The Morgan fingerprint density at radius 3 is 3.12 bits per heavy atom. The molecule has 0 aromatic rings. The zero-order valence-electron chi connectivity index (χ0n) is 5.02. The number of thioether (sulfide) groups is 1. The Labute approximate surface area is 55.0 Å². The van der Waals surface area contributed by atoms with Crippen LogP contribution in [0.5, 0.6) is 0 Å². The molecule has 1 unspecified atom stereocenters. The van der Waals surface area contributed by atoms with E-state index in [-0.39, 0.29) is 0 Å². The highest BCUT2D eigenvalue weighted by molar-refractivity contribution is 8.02. The Morgan fingerprint density at radius 2 is 2.38 bits per heavy atom. The van der Waals surface area contributed by atoms with E-state index in [9.17, 15) is 0 Å². The van der Waals surface area contributed by atoms with Crippen LogP contribution in [0.25, 0.3) is 0 Å². The van der Waals surface area contributed by atoms with E-state index in [1.54, 1.807) is 5.25 Å². The number of hydrogen-bond acceptors (Lipinski definition) is 1. The van der Waals surface area contributed by atoms with E-state index in [0.29, 0.717) is 0 Å². The molecule has 1 saturated carbocycles. The van der Waals surface area contributed by atoms with Crippen LogP contribution in [0.3, 0.4) is 0 Å². The zero-order valence-corrected chi connectivity index (χ0v) is 5.84. The first kappa shape index (κ1) is 5.16. The predicted octanol–water partition coefficient (Wildman–Crippen LogP) is 2.46. The molecule has 2 aliphatic rings. The van der Waals surface area contributed by atoms with Crippen molar-refractivity contribution in [3.63, 3.8) is 0 Å². The van der Waals surface area contributed by atoms with Gasteiger partial charge in [-0.1, -0.05) is 0 Å². The lowest BCUT2D eigenvalue weighted by molar-refractivity contribution is 0.536. The Kier molecular flexibility index (Phi) is 1.25. The van der Waals surface area contributed by atoms with E-state index < -0.39 is 0 Å². The van der Waals surface area contributed by atoms with Gasteiger partial charge in [0.05, 0.1) is 0 Å². The highest BCUT2D eigenvalue weighted by atomic mass is 32.2. The average Bonchev–Trinajstić information content (AvgIpc) is 2.12. The molecule has 0 N–H and O–H groups in total. The topological polar surface area (TPSA) is 0 Å². The smallest absolute Gasteiger partial charge is 0.0309 e. The molecule has 0 aromatic carbocycles. The molecule has 1 aliphatic carbocycles. The van der Waals surface area contributed by atoms with Gasteiger partial charge in [0.25, 0.3) is 0 Å². The van der Waals surface area contributed by atoms with Crippen molar-refractivity contribution in [1.29, 1.82) is 0 Å². The van der Waals surface area contributed by atoms with Gasteiger partial charge in [0, 0.05) is 5.25 Å². The lowest BCUT2D eigenvalue weighted by Gasteiger charge is -2.15. The van der Waals surface area contributed by atoms with E-state index in [2.05, 4.69) is 11.8 Å². The standard InChI is InChI=1S/C7H11S/c1-2-7-5-6(1)3-4-8-7/h6H,1-5H2. The molecule has 0 aromatic heterocycles. The third-order valence-electron chi connectivity index (χ3n) is 2.18. The fourth-order valence-electron chi connectivity index (χ4n) is 1.64. The van der Waals surface area contributed by atoms with Gasteiger partial charge in [-0.2, -0.15) is 11.8 Å². The highest BCUT2D eigenvalue weighted by Gasteiger charge is 2.29. The van der Waals surface area contributed by atoms with Gasteiger partial charge >= 0.3 is 0 Å². The van der Waals surface area contributed by atoms with E-state index in [0.717, 1.165) is 5.92 Å². The number of fused-ring (bicyclic) bond motifs is 2. The first-order chi connectivity index (χ1) is 3.95. The van der Waals surface area contributed by atoms with Gasteiger partial charge in [-0.25, -0.2) is 0 Å². The Morgan fingerprint density at radius 1 is 1.38 bits per heavy atom. The van der Waals surface area contributed by atoms with Crippen molar-refractivity contribution in [2.24, 2.45) is 5.92 Å². The van der Waals surface area contributed by atoms with Crippen molar-refractivity contribution in [2.75, 3.05) is 5.75 Å². The molecule has 1 heterocycles. The first-order valence-electron chi connectivity index (χ1n) is 3.42. The van der Waals surface area contributed by atoms with Gasteiger partial charge in [-0.3, -0.25) is 0 Å². The second kappa shape index (κ2) is 1.94. The van der Waals surface area contributed by atoms with E-state index >= 15 is 0 Å². The minimum atomic E-state index is 1.10. The number of hydrogen-bond donors (Lipinski definition) is 0. The maximum Gasteiger partial charge on any atom is 0.0309 e. The molecule has 2 bridgehead atoms. The van der Waals surface area contributed by atoms with Crippen molar-refractivity contribution in [3.8, 4) is 0 Å². The van der Waals surface area contributed by atoms with E-state index in [1.165, 1.54) is 31.4 Å². The summed E-state index contributed by atoms with van der Waals surface area (Å²) < 4.78 is 0. The Balaban J connectivity index is 2.03. The normalized spacial score (nSPS) is 38.2. The summed E-state index contributed by atoms with van der Waals surface area (Å²) in [7, 11) is 0. The van der Waals surface area contributed by atoms with Gasteiger partial charge in [0.2, 0.25) is 0 Å². The third kappa shape index (κ3) is 0.771. The van der Waals surface area contributed by atoms with Crippen molar-refractivity contribution < 1.29 is 0 Å². The molecule has 8 heavy (non-hydrogen) atoms. The summed E-state index contributed by atoms with van der Waals surface area (Å²) in [4.78, 5) is 0. The summed E-state index contributed by atoms with van der Waals surface area (Å²) in [6.07, 6.45) is 5.90. The molecular formula is C7H11S. The minimum Gasteiger partial charge on any atom is -0.154 e. The summed E-state index contributed by atoms with van der Waals surface area (Å²) in [5.41, 5.74) is 0. The van der Waals surface area contributed by atoms with Crippen molar-refractivity contribution in [3.05, 3.63) is 5.25 Å². The van der Waals surface area contributed by atoms with Crippen molar-refractivity contribution in [1.82, 2.24) is 0 Å². The molecule has 45 valence electrons. The molecule has 0 spiro atoms. The molecular weight excluding hydrogens is 116 g/mol. The largest absolute Gasteiger partial charge is 0.154 e. The second-order valence-electron chi connectivity index (χ2n) is 2.78. The predicted molar refractivity (Wildman–Crippen MR) is 37.7 cm³/mol. The molecule has 1 aliphatic heterocycles. The number of rotatable bonds is 0. The van der Waals surface area contributed by atoms with Crippen LogP contribution in [-0.2, 0) is 0 Å². The highest BCUT2D eigenvalue weighted by Crippen LogP contribution is 2.46. The fraction of sp³-hybridized carbons (Fsp3) is 0.857. The van der Waals surface area contributed by atoms with E-state index in [4.69, 9.17) is 0 Å². The van der Waals surface area contributed by atoms with Crippen LogP contribution in [0.4, 0.5) is 0 Å². The van der Waals surface area contributed by atoms with Crippen molar-refractivity contribution in [2.45, 2.75) is 25.7 Å². The SMILES string of the molecule is C1CC2CC[C](C2)S1. The minimum absolute atomic E-state index is 1.10. The molecule has 1 radical (unpaired) electrons. The van der Waals surface area contributed by atoms with Crippen LogP contribution in [0.15, 0.2) is 0 Å². The van der Waals surface area contributed by atoms with Crippen LogP contribution in [-0.4, -0.2) is 5.75 Å². The summed E-state index contributed by atoms with van der Waals surface area (Å²) >= 11 is 2.12. The van der Waals surface area contributed by atoms with Gasteiger partial charge in [0.1, 0.15) is 0 Å². The average molecular weight is 127 g/mol. The molecule has 1 saturated heterocycles. The van der Waals surface area contributed by atoms with Gasteiger partial charge in [-0.05, 0) is 37.4 Å². The molecule has 2 rings (SSSR count). The first-order valence-corrected chi connectivity index (χ1v) is 4.41. The molecule has 1 heteroatoms. The van der Waals surface area contributed by atoms with Gasteiger partial charge in [-0.15, -0.1) is 0 Å². The monoisotopic (exact) mass is 127 g/mol. The molecule has 1 atom stereocenters. The van der Waals surface area contributed by atoms with Crippen LogP contribution in [0.1, 0.15) is 25.7 Å². The van der Waals surface area contributed by atoms with Gasteiger partial charge < -0.3 is 0 Å². The molecule has 0 nitrogen and oxygen atoms in total. The van der Waals surface area contributed by atoms with Gasteiger partial charge in [0.15, 0.2) is 0 Å². The summed E-state index contributed by atoms with van der Waals surface area (Å²) in [6, 6.07) is 0. The van der Waals surface area contributed by atoms with E-state index in [1.807, 2.05) is 0 Å². The summed E-state index contributed by atoms with van der Waals surface area (Å²) in [5, 5.41) is 1.79. The third-order valence-corrected chi connectivity index (χ3v) is 3.40. The lowest BCUT2D eigenvalue weighted by Crippen LogP contribution is -2.01.